The van der Waals surface area contributed by atoms with Crippen LogP contribution in [0.5, 0.6) is 0 Å². The van der Waals surface area contributed by atoms with Gasteiger partial charge in [-0.25, -0.2) is 0 Å². The van der Waals surface area contributed by atoms with E-state index >= 15 is 0 Å². The van der Waals surface area contributed by atoms with Gasteiger partial charge in [0, 0.05) is 6.61 Å². The third kappa shape index (κ3) is 7.84. The molecule has 0 aromatic heterocycles. The fourth-order valence-electron chi connectivity index (χ4n) is 1.50. The van der Waals surface area contributed by atoms with Gasteiger partial charge in [-0.15, -0.1) is 0 Å². The summed E-state index contributed by atoms with van der Waals surface area (Å²) >= 11 is 0. The molecule has 0 amide bonds. The quantitative estimate of drug-likeness (QED) is 0.542. The molecule has 0 aromatic rings. The first-order chi connectivity index (χ1) is 7.05. The SMILES string of the molecule is CCCC[C@@H](CC)COCC(C)(C)CC. The van der Waals surface area contributed by atoms with Gasteiger partial charge in [0.2, 0.25) is 0 Å². The van der Waals surface area contributed by atoms with E-state index in [1.165, 1.54) is 32.1 Å². The van der Waals surface area contributed by atoms with Crippen LogP contribution in [0.25, 0.3) is 0 Å². The minimum absolute atomic E-state index is 0.350. The summed E-state index contributed by atoms with van der Waals surface area (Å²) in [6.45, 7) is 13.2. The maximum Gasteiger partial charge on any atom is 0.0517 e. The zero-order chi connectivity index (χ0) is 11.7. The predicted octanol–water partition coefficient (Wildman–Crippen LogP) is 4.66. The summed E-state index contributed by atoms with van der Waals surface area (Å²) < 4.78 is 5.84. The second-order valence-corrected chi connectivity index (χ2v) is 5.45. The fourth-order valence-corrected chi connectivity index (χ4v) is 1.50. The Morgan fingerprint density at radius 3 is 2.27 bits per heavy atom. The molecule has 0 saturated heterocycles. The molecule has 0 saturated carbocycles. The molecule has 0 radical (unpaired) electrons. The largest absolute Gasteiger partial charge is 0.381 e. The molecule has 0 heterocycles. The molecule has 0 rings (SSSR count). The lowest BCUT2D eigenvalue weighted by atomic mass is 9.91. The molecule has 1 nitrogen and oxygen atoms in total. The summed E-state index contributed by atoms with van der Waals surface area (Å²) in [5.74, 6) is 0.776. The van der Waals surface area contributed by atoms with Crippen molar-refractivity contribution in [1.29, 1.82) is 0 Å². The van der Waals surface area contributed by atoms with E-state index in [0.29, 0.717) is 5.41 Å². The average Bonchev–Trinajstić information content (AvgIpc) is 2.23. The molecular formula is C14H30O. The van der Waals surface area contributed by atoms with Crippen LogP contribution in [-0.4, -0.2) is 13.2 Å². The summed E-state index contributed by atoms with van der Waals surface area (Å²) in [5.41, 5.74) is 0.350. The van der Waals surface area contributed by atoms with E-state index in [0.717, 1.165) is 19.1 Å². The molecule has 0 bridgehead atoms. The third-order valence-electron chi connectivity index (χ3n) is 3.35. The van der Waals surface area contributed by atoms with Crippen molar-refractivity contribution >= 4 is 0 Å². The van der Waals surface area contributed by atoms with Crippen molar-refractivity contribution in [1.82, 2.24) is 0 Å². The van der Waals surface area contributed by atoms with Gasteiger partial charge in [0.1, 0.15) is 0 Å². The predicted molar refractivity (Wildman–Crippen MR) is 68.2 cm³/mol. The normalized spacial score (nSPS) is 14.2. The number of ether oxygens (including phenoxy) is 1. The Morgan fingerprint density at radius 2 is 1.80 bits per heavy atom. The van der Waals surface area contributed by atoms with E-state index in [9.17, 15) is 0 Å². The minimum Gasteiger partial charge on any atom is -0.381 e. The van der Waals surface area contributed by atoms with Gasteiger partial charge in [-0.1, -0.05) is 53.9 Å². The lowest BCUT2D eigenvalue weighted by molar-refractivity contribution is 0.0356. The lowest BCUT2D eigenvalue weighted by Crippen LogP contribution is -2.20. The van der Waals surface area contributed by atoms with E-state index in [1.54, 1.807) is 0 Å². The Hall–Kier alpha value is -0.0400. The van der Waals surface area contributed by atoms with Gasteiger partial charge in [0.15, 0.2) is 0 Å². The lowest BCUT2D eigenvalue weighted by Gasteiger charge is -2.24. The van der Waals surface area contributed by atoms with Gasteiger partial charge >= 0.3 is 0 Å². The molecule has 1 atom stereocenters. The van der Waals surface area contributed by atoms with Crippen molar-refractivity contribution in [3.05, 3.63) is 0 Å². The van der Waals surface area contributed by atoms with Crippen LogP contribution in [-0.2, 0) is 4.74 Å². The third-order valence-corrected chi connectivity index (χ3v) is 3.35. The standard InChI is InChI=1S/C14H30O/c1-6-9-10-13(7-2)11-15-12-14(4,5)8-3/h13H,6-12H2,1-5H3/t13-/m1/s1. The van der Waals surface area contributed by atoms with E-state index in [1.807, 2.05) is 0 Å². The Kier molecular flexibility index (Phi) is 8.13. The summed E-state index contributed by atoms with van der Waals surface area (Å²) in [5, 5.41) is 0. The zero-order valence-electron chi connectivity index (χ0n) is 11.4. The zero-order valence-corrected chi connectivity index (χ0v) is 11.4. The topological polar surface area (TPSA) is 9.23 Å². The molecule has 0 unspecified atom stereocenters. The molecule has 0 aliphatic heterocycles. The smallest absolute Gasteiger partial charge is 0.0517 e. The van der Waals surface area contributed by atoms with Crippen LogP contribution in [0.1, 0.15) is 66.7 Å². The van der Waals surface area contributed by atoms with E-state index < -0.39 is 0 Å². The Labute approximate surface area is 96.6 Å². The molecule has 0 spiro atoms. The van der Waals surface area contributed by atoms with Crippen LogP contribution in [0, 0.1) is 11.3 Å². The average molecular weight is 214 g/mol. The maximum absolute atomic E-state index is 5.84. The highest BCUT2D eigenvalue weighted by Gasteiger charge is 2.16. The van der Waals surface area contributed by atoms with Gasteiger partial charge < -0.3 is 4.74 Å². The number of unbranched alkanes of at least 4 members (excludes halogenated alkanes) is 1. The summed E-state index contributed by atoms with van der Waals surface area (Å²) in [4.78, 5) is 0. The molecule has 0 aromatic carbocycles. The molecule has 0 aliphatic rings. The highest BCUT2D eigenvalue weighted by atomic mass is 16.5. The molecule has 0 fully saturated rings. The number of hydrogen-bond acceptors (Lipinski definition) is 1. The highest BCUT2D eigenvalue weighted by molar-refractivity contribution is 4.65. The maximum atomic E-state index is 5.84. The Morgan fingerprint density at radius 1 is 1.13 bits per heavy atom. The number of rotatable bonds is 9. The van der Waals surface area contributed by atoms with Crippen molar-refractivity contribution in [2.45, 2.75) is 66.7 Å². The minimum atomic E-state index is 0.350. The molecular weight excluding hydrogens is 184 g/mol. The van der Waals surface area contributed by atoms with Gasteiger partial charge in [-0.2, -0.15) is 0 Å². The van der Waals surface area contributed by atoms with Gasteiger partial charge in [-0.05, 0) is 24.2 Å². The van der Waals surface area contributed by atoms with Crippen LogP contribution in [0.3, 0.4) is 0 Å². The summed E-state index contributed by atoms with van der Waals surface area (Å²) in [6, 6.07) is 0. The van der Waals surface area contributed by atoms with Crippen molar-refractivity contribution in [3.8, 4) is 0 Å². The van der Waals surface area contributed by atoms with Gasteiger partial charge in [0.05, 0.1) is 6.61 Å². The molecule has 15 heavy (non-hydrogen) atoms. The molecule has 0 N–H and O–H groups in total. The van der Waals surface area contributed by atoms with Crippen LogP contribution in [0.4, 0.5) is 0 Å². The van der Waals surface area contributed by atoms with Crippen LogP contribution < -0.4 is 0 Å². The van der Waals surface area contributed by atoms with Gasteiger partial charge in [0.25, 0.3) is 0 Å². The first kappa shape index (κ1) is 15.0. The Bertz CT molecular complexity index is 140. The highest BCUT2D eigenvalue weighted by Crippen LogP contribution is 2.21. The molecule has 0 aliphatic carbocycles. The second-order valence-electron chi connectivity index (χ2n) is 5.45. The second kappa shape index (κ2) is 8.15. The first-order valence-corrected chi connectivity index (χ1v) is 6.63. The van der Waals surface area contributed by atoms with Gasteiger partial charge in [-0.3, -0.25) is 0 Å². The van der Waals surface area contributed by atoms with E-state index in [-0.39, 0.29) is 0 Å². The van der Waals surface area contributed by atoms with Crippen LogP contribution in [0.2, 0.25) is 0 Å². The molecule has 92 valence electrons. The Balaban J connectivity index is 3.62. The summed E-state index contributed by atoms with van der Waals surface area (Å²) in [7, 11) is 0. The van der Waals surface area contributed by atoms with Crippen LogP contribution in [0.15, 0.2) is 0 Å². The first-order valence-electron chi connectivity index (χ1n) is 6.63. The van der Waals surface area contributed by atoms with Crippen molar-refractivity contribution in [2.75, 3.05) is 13.2 Å². The number of hydrogen-bond donors (Lipinski definition) is 0. The van der Waals surface area contributed by atoms with Crippen molar-refractivity contribution < 1.29 is 4.74 Å². The van der Waals surface area contributed by atoms with Crippen LogP contribution >= 0.6 is 0 Å². The monoisotopic (exact) mass is 214 g/mol. The van der Waals surface area contributed by atoms with Crippen molar-refractivity contribution in [2.24, 2.45) is 11.3 Å². The summed E-state index contributed by atoms with van der Waals surface area (Å²) in [6.07, 6.45) is 6.43. The molecule has 1 heteroatoms. The fraction of sp³-hybridized carbons (Fsp3) is 1.00. The van der Waals surface area contributed by atoms with Crippen molar-refractivity contribution in [3.63, 3.8) is 0 Å². The van der Waals surface area contributed by atoms with E-state index in [4.69, 9.17) is 4.74 Å². The van der Waals surface area contributed by atoms with E-state index in [2.05, 4.69) is 34.6 Å².